The molecule has 0 saturated carbocycles. The minimum atomic E-state index is -0.452. The van der Waals surface area contributed by atoms with Crippen molar-refractivity contribution >= 4 is 34.0 Å². The molecule has 1 amide bonds. The molecule has 2 aromatic carbocycles. The van der Waals surface area contributed by atoms with Crippen LogP contribution in [0.3, 0.4) is 0 Å². The summed E-state index contributed by atoms with van der Waals surface area (Å²) in [5.74, 6) is -0.452. The highest BCUT2D eigenvalue weighted by atomic mass is 35.5. The summed E-state index contributed by atoms with van der Waals surface area (Å²) in [4.78, 5) is 25.5. The van der Waals surface area contributed by atoms with E-state index in [9.17, 15) is 9.59 Å². The van der Waals surface area contributed by atoms with E-state index in [0.29, 0.717) is 28.8 Å². The third kappa shape index (κ3) is 4.71. The molecular weight excluding hydrogens is 388 g/mol. The average Bonchev–Trinajstić information content (AvgIpc) is 2.75. The lowest BCUT2D eigenvalue weighted by atomic mass is 10.1. The Balaban J connectivity index is 1.96. The summed E-state index contributed by atoms with van der Waals surface area (Å²) in [6, 6.07) is 14.3. The van der Waals surface area contributed by atoms with E-state index in [1.807, 2.05) is 26.0 Å². The SMILES string of the molecule is CCCCn1nc(C(=O)N/N=C(/CC)c2ccc(Cl)cc2)c2ccccc2c1=O. The summed E-state index contributed by atoms with van der Waals surface area (Å²) in [6.07, 6.45) is 2.36. The van der Waals surface area contributed by atoms with Crippen LogP contribution >= 0.6 is 11.6 Å². The predicted octanol–water partition coefficient (Wildman–Crippen LogP) is 4.39. The van der Waals surface area contributed by atoms with E-state index in [2.05, 4.69) is 15.6 Å². The topological polar surface area (TPSA) is 76.3 Å². The number of halogens is 1. The van der Waals surface area contributed by atoms with Crippen molar-refractivity contribution in [1.29, 1.82) is 0 Å². The fourth-order valence-corrected chi connectivity index (χ4v) is 3.15. The number of carbonyl (C=O) groups is 1. The first kappa shape index (κ1) is 20.7. The lowest BCUT2D eigenvalue weighted by molar-refractivity contribution is 0.0949. The van der Waals surface area contributed by atoms with Crippen molar-refractivity contribution in [3.8, 4) is 0 Å². The first-order valence-electron chi connectivity index (χ1n) is 9.67. The molecule has 0 aliphatic rings. The highest BCUT2D eigenvalue weighted by Crippen LogP contribution is 2.14. The van der Waals surface area contributed by atoms with Gasteiger partial charge < -0.3 is 0 Å². The van der Waals surface area contributed by atoms with Gasteiger partial charge >= 0.3 is 0 Å². The zero-order chi connectivity index (χ0) is 20.8. The third-order valence-electron chi connectivity index (χ3n) is 4.61. The number of nitrogens with one attached hydrogen (secondary N) is 1. The van der Waals surface area contributed by atoms with Gasteiger partial charge in [0, 0.05) is 17.0 Å². The minimum Gasteiger partial charge on any atom is -0.267 e. The second kappa shape index (κ2) is 9.47. The molecule has 1 heterocycles. The lowest BCUT2D eigenvalue weighted by Gasteiger charge is -2.10. The van der Waals surface area contributed by atoms with Crippen molar-refractivity contribution in [1.82, 2.24) is 15.2 Å². The lowest BCUT2D eigenvalue weighted by Crippen LogP contribution is -2.29. The van der Waals surface area contributed by atoms with Gasteiger partial charge in [0.2, 0.25) is 0 Å². The summed E-state index contributed by atoms with van der Waals surface area (Å²) in [5.41, 5.74) is 4.19. The van der Waals surface area contributed by atoms with Crippen LogP contribution in [0, 0.1) is 0 Å². The van der Waals surface area contributed by atoms with Gasteiger partial charge in [-0.1, -0.05) is 62.2 Å². The first-order valence-corrected chi connectivity index (χ1v) is 10.1. The standard InChI is InChI=1S/C22H23ClN4O2/c1-3-5-14-27-22(29)18-9-7-6-8-17(18)20(26-27)21(28)25-24-19(4-2)15-10-12-16(23)13-11-15/h6-13H,3-5,14H2,1-2H3,(H,25,28)/b24-19-. The maximum Gasteiger partial charge on any atom is 0.292 e. The summed E-state index contributed by atoms with van der Waals surface area (Å²) in [6.45, 7) is 4.46. The molecule has 0 bridgehead atoms. The Bertz CT molecular complexity index is 1100. The van der Waals surface area contributed by atoms with E-state index in [1.54, 1.807) is 36.4 Å². The van der Waals surface area contributed by atoms with E-state index in [1.165, 1.54) is 4.68 Å². The van der Waals surface area contributed by atoms with Crippen molar-refractivity contribution in [2.75, 3.05) is 0 Å². The Labute approximate surface area is 174 Å². The van der Waals surface area contributed by atoms with Gasteiger partial charge in [0.05, 0.1) is 11.1 Å². The number of aryl methyl sites for hydroxylation is 1. The number of hydrogen-bond acceptors (Lipinski definition) is 4. The Morgan fingerprint density at radius 2 is 1.79 bits per heavy atom. The van der Waals surface area contributed by atoms with Gasteiger partial charge in [-0.25, -0.2) is 10.1 Å². The molecule has 0 saturated heterocycles. The molecule has 0 aliphatic carbocycles. The van der Waals surface area contributed by atoms with E-state index in [0.717, 1.165) is 24.1 Å². The van der Waals surface area contributed by atoms with Crippen LogP contribution in [-0.4, -0.2) is 21.4 Å². The molecule has 0 aliphatic heterocycles. The predicted molar refractivity (Wildman–Crippen MR) is 117 cm³/mol. The van der Waals surface area contributed by atoms with E-state index >= 15 is 0 Å². The molecule has 0 spiro atoms. The van der Waals surface area contributed by atoms with Gasteiger partial charge in [0.1, 0.15) is 0 Å². The number of rotatable bonds is 7. The molecule has 150 valence electrons. The average molecular weight is 411 g/mol. The molecule has 1 N–H and O–H groups in total. The van der Waals surface area contributed by atoms with Crippen molar-refractivity contribution in [2.45, 2.75) is 39.7 Å². The van der Waals surface area contributed by atoms with Gasteiger partial charge in [-0.3, -0.25) is 9.59 Å². The molecule has 29 heavy (non-hydrogen) atoms. The van der Waals surface area contributed by atoms with Crippen molar-refractivity contribution in [3.05, 3.63) is 75.2 Å². The maximum absolute atomic E-state index is 12.9. The summed E-state index contributed by atoms with van der Waals surface area (Å²) in [7, 11) is 0. The van der Waals surface area contributed by atoms with Gasteiger partial charge in [-0.15, -0.1) is 0 Å². The van der Waals surface area contributed by atoms with Crippen LogP contribution in [0.25, 0.3) is 10.8 Å². The van der Waals surface area contributed by atoms with Crippen LogP contribution in [0.15, 0.2) is 58.4 Å². The van der Waals surface area contributed by atoms with E-state index in [-0.39, 0.29) is 11.3 Å². The number of aromatic nitrogens is 2. The monoisotopic (exact) mass is 410 g/mol. The number of amides is 1. The van der Waals surface area contributed by atoms with Crippen LogP contribution in [-0.2, 0) is 6.54 Å². The molecule has 1 aromatic heterocycles. The Morgan fingerprint density at radius 3 is 2.45 bits per heavy atom. The zero-order valence-corrected chi connectivity index (χ0v) is 17.2. The number of nitrogens with zero attached hydrogens (tertiary/aromatic N) is 3. The number of carbonyl (C=O) groups excluding carboxylic acids is 1. The van der Waals surface area contributed by atoms with Crippen LogP contribution < -0.4 is 11.0 Å². The molecular formula is C22H23ClN4O2. The molecule has 0 unspecified atom stereocenters. The number of hydrazone groups is 1. The molecule has 0 atom stereocenters. The Hall–Kier alpha value is -2.99. The van der Waals surface area contributed by atoms with E-state index in [4.69, 9.17) is 11.6 Å². The number of hydrogen-bond donors (Lipinski definition) is 1. The second-order valence-corrected chi connectivity index (χ2v) is 7.07. The van der Waals surface area contributed by atoms with Crippen LogP contribution in [0.2, 0.25) is 5.02 Å². The molecule has 3 rings (SSSR count). The highest BCUT2D eigenvalue weighted by molar-refractivity contribution is 6.30. The maximum atomic E-state index is 12.9. The molecule has 7 heteroatoms. The summed E-state index contributed by atoms with van der Waals surface area (Å²) >= 11 is 5.94. The van der Waals surface area contributed by atoms with Crippen LogP contribution in [0.5, 0.6) is 0 Å². The fraction of sp³-hybridized carbons (Fsp3) is 0.273. The van der Waals surface area contributed by atoms with Crippen molar-refractivity contribution < 1.29 is 4.79 Å². The first-order chi connectivity index (χ1) is 14.0. The fourth-order valence-electron chi connectivity index (χ4n) is 3.02. The third-order valence-corrected chi connectivity index (χ3v) is 4.86. The smallest absolute Gasteiger partial charge is 0.267 e. The quantitative estimate of drug-likeness (QED) is 0.463. The largest absolute Gasteiger partial charge is 0.292 e. The van der Waals surface area contributed by atoms with Crippen LogP contribution in [0.1, 0.15) is 49.2 Å². The second-order valence-electron chi connectivity index (χ2n) is 6.64. The zero-order valence-electron chi connectivity index (χ0n) is 16.5. The molecule has 3 aromatic rings. The van der Waals surface area contributed by atoms with E-state index < -0.39 is 5.91 Å². The van der Waals surface area contributed by atoms with Crippen LogP contribution in [0.4, 0.5) is 0 Å². The Morgan fingerprint density at radius 1 is 1.10 bits per heavy atom. The molecule has 0 fully saturated rings. The molecule has 0 radical (unpaired) electrons. The number of unbranched alkanes of at least 4 members (excludes halogenated alkanes) is 1. The van der Waals surface area contributed by atoms with Crippen molar-refractivity contribution in [2.24, 2.45) is 5.10 Å². The number of fused-ring (bicyclic) bond motifs is 1. The normalized spacial score (nSPS) is 11.6. The number of benzene rings is 2. The van der Waals surface area contributed by atoms with Gasteiger partial charge in [-0.2, -0.15) is 10.2 Å². The van der Waals surface area contributed by atoms with Gasteiger partial charge in [0.25, 0.3) is 11.5 Å². The van der Waals surface area contributed by atoms with Gasteiger partial charge in [-0.05, 0) is 36.6 Å². The Kier molecular flexibility index (Phi) is 6.77. The highest BCUT2D eigenvalue weighted by Gasteiger charge is 2.16. The van der Waals surface area contributed by atoms with Crippen molar-refractivity contribution in [3.63, 3.8) is 0 Å². The minimum absolute atomic E-state index is 0.187. The summed E-state index contributed by atoms with van der Waals surface area (Å²) < 4.78 is 1.37. The molecule has 6 nitrogen and oxygen atoms in total. The summed E-state index contributed by atoms with van der Waals surface area (Å²) in [5, 5.41) is 10.2. The van der Waals surface area contributed by atoms with Gasteiger partial charge in [0.15, 0.2) is 5.69 Å².